The second-order valence-electron chi connectivity index (χ2n) is 4.20. The number of carbonyl (C=O) groups excluding carboxylic acids is 1. The van der Waals surface area contributed by atoms with Crippen molar-refractivity contribution >= 4 is 27.9 Å². The van der Waals surface area contributed by atoms with Gasteiger partial charge in [-0.2, -0.15) is 0 Å². The summed E-state index contributed by atoms with van der Waals surface area (Å²) in [6.07, 6.45) is 0.915. The van der Waals surface area contributed by atoms with Crippen molar-refractivity contribution in [3.63, 3.8) is 0 Å². The molecule has 0 atom stereocenters. The van der Waals surface area contributed by atoms with E-state index in [0.717, 1.165) is 24.5 Å². The second-order valence-corrected chi connectivity index (χ2v) is 5.23. The number of nitrogens with two attached hydrogens (primary N) is 1. The number of nitrogens with zero attached hydrogens (tertiary/aromatic N) is 1. The number of rotatable bonds is 8. The van der Waals surface area contributed by atoms with Gasteiger partial charge in [-0.25, -0.2) is 0 Å². The van der Waals surface area contributed by atoms with E-state index in [2.05, 4.69) is 17.1 Å². The van der Waals surface area contributed by atoms with Gasteiger partial charge in [0, 0.05) is 26.7 Å². The highest BCUT2D eigenvalue weighted by Crippen LogP contribution is 2.32. The van der Waals surface area contributed by atoms with Gasteiger partial charge in [-0.15, -0.1) is 11.3 Å². The van der Waals surface area contributed by atoms with Crippen molar-refractivity contribution in [3.05, 3.63) is 10.9 Å². The smallest absolute Gasteiger partial charge is 0.263 e. The number of amides is 1. The van der Waals surface area contributed by atoms with Crippen LogP contribution in [0.3, 0.4) is 0 Å². The molecule has 0 aliphatic heterocycles. The molecule has 1 aromatic rings. The Labute approximate surface area is 118 Å². The van der Waals surface area contributed by atoms with Crippen molar-refractivity contribution in [1.82, 2.24) is 5.32 Å². The quantitative estimate of drug-likeness (QED) is 0.766. The number of hydrogen-bond donors (Lipinski definition) is 2. The number of thiophene rings is 1. The highest BCUT2D eigenvalue weighted by molar-refractivity contribution is 7.18. The van der Waals surface area contributed by atoms with Crippen LogP contribution in [0.5, 0.6) is 0 Å². The highest BCUT2D eigenvalue weighted by atomic mass is 32.1. The Bertz CT molecular complexity index is 407. The van der Waals surface area contributed by atoms with Gasteiger partial charge in [0.15, 0.2) is 0 Å². The first-order chi connectivity index (χ1) is 9.13. The van der Waals surface area contributed by atoms with Crippen LogP contribution in [0.25, 0.3) is 0 Å². The fourth-order valence-corrected chi connectivity index (χ4v) is 2.76. The number of ether oxygens (including phenoxy) is 1. The monoisotopic (exact) mass is 285 g/mol. The molecule has 0 aromatic carbocycles. The number of anilines is 2. The summed E-state index contributed by atoms with van der Waals surface area (Å²) in [4.78, 5) is 14.7. The summed E-state index contributed by atoms with van der Waals surface area (Å²) < 4.78 is 5.09. The van der Waals surface area contributed by atoms with Crippen molar-refractivity contribution < 1.29 is 9.53 Å². The maximum absolute atomic E-state index is 11.9. The average molecular weight is 285 g/mol. The Morgan fingerprint density at radius 1 is 1.53 bits per heavy atom. The van der Waals surface area contributed by atoms with Crippen molar-refractivity contribution in [2.24, 2.45) is 0 Å². The fourth-order valence-electron chi connectivity index (χ4n) is 1.67. The molecule has 0 spiro atoms. The summed E-state index contributed by atoms with van der Waals surface area (Å²) >= 11 is 1.43. The van der Waals surface area contributed by atoms with Crippen molar-refractivity contribution in [1.29, 1.82) is 0 Å². The topological polar surface area (TPSA) is 67.6 Å². The number of hydrogen-bond acceptors (Lipinski definition) is 5. The van der Waals surface area contributed by atoms with Gasteiger partial charge in [-0.1, -0.05) is 6.92 Å². The SMILES string of the molecule is CCCNC(=O)c1sc(N(CC)CCOC)cc1N. The molecule has 0 saturated heterocycles. The lowest BCUT2D eigenvalue weighted by Crippen LogP contribution is -2.26. The first-order valence-electron chi connectivity index (χ1n) is 6.55. The van der Waals surface area contributed by atoms with Crippen LogP contribution in [-0.4, -0.2) is 39.3 Å². The van der Waals surface area contributed by atoms with E-state index in [1.165, 1.54) is 11.3 Å². The summed E-state index contributed by atoms with van der Waals surface area (Å²) in [7, 11) is 1.68. The van der Waals surface area contributed by atoms with E-state index >= 15 is 0 Å². The van der Waals surface area contributed by atoms with Crippen LogP contribution >= 0.6 is 11.3 Å². The minimum Gasteiger partial charge on any atom is -0.397 e. The first-order valence-corrected chi connectivity index (χ1v) is 7.37. The predicted octanol–water partition coefficient (Wildman–Crippen LogP) is 1.94. The molecule has 0 radical (unpaired) electrons. The van der Waals surface area contributed by atoms with Crippen LogP contribution in [0.1, 0.15) is 29.9 Å². The van der Waals surface area contributed by atoms with Gasteiger partial charge >= 0.3 is 0 Å². The zero-order chi connectivity index (χ0) is 14.3. The third-order valence-corrected chi connectivity index (χ3v) is 3.96. The molecule has 1 amide bonds. The normalized spacial score (nSPS) is 10.5. The van der Waals surface area contributed by atoms with Crippen LogP contribution in [0, 0.1) is 0 Å². The van der Waals surface area contributed by atoms with Crippen LogP contribution in [0.15, 0.2) is 6.07 Å². The van der Waals surface area contributed by atoms with E-state index in [1.54, 1.807) is 7.11 Å². The minimum absolute atomic E-state index is 0.0848. The third kappa shape index (κ3) is 4.40. The number of likely N-dealkylation sites (N-methyl/N-ethyl adjacent to an activating group) is 1. The predicted molar refractivity (Wildman–Crippen MR) is 81.1 cm³/mol. The summed E-state index contributed by atoms with van der Waals surface area (Å²) in [5.74, 6) is -0.0848. The third-order valence-electron chi connectivity index (χ3n) is 2.75. The molecule has 3 N–H and O–H groups in total. The van der Waals surface area contributed by atoms with Gasteiger partial charge in [0.1, 0.15) is 4.88 Å². The Morgan fingerprint density at radius 2 is 2.26 bits per heavy atom. The largest absolute Gasteiger partial charge is 0.397 e. The zero-order valence-electron chi connectivity index (χ0n) is 11.9. The van der Waals surface area contributed by atoms with E-state index in [1.807, 2.05) is 13.0 Å². The molecule has 0 saturated carbocycles. The molecule has 1 rings (SSSR count). The van der Waals surface area contributed by atoms with Gasteiger partial charge in [0.25, 0.3) is 5.91 Å². The maximum Gasteiger partial charge on any atom is 0.263 e. The van der Waals surface area contributed by atoms with E-state index in [-0.39, 0.29) is 5.91 Å². The van der Waals surface area contributed by atoms with Crippen molar-refractivity contribution in [2.45, 2.75) is 20.3 Å². The fraction of sp³-hybridized carbons (Fsp3) is 0.615. The lowest BCUT2D eigenvalue weighted by molar-refractivity contribution is 0.0958. The number of nitrogens with one attached hydrogen (secondary N) is 1. The standard InChI is InChI=1S/C13H23N3O2S/c1-4-6-15-13(17)12-10(14)9-11(19-12)16(5-2)7-8-18-3/h9H,4-8,14H2,1-3H3,(H,15,17). The van der Waals surface area contributed by atoms with Crippen molar-refractivity contribution in [2.75, 3.05) is 44.0 Å². The Kier molecular flexibility index (Phi) is 6.66. The molecule has 1 aromatic heterocycles. The highest BCUT2D eigenvalue weighted by Gasteiger charge is 2.16. The molecule has 1 heterocycles. The molecular weight excluding hydrogens is 262 g/mol. The van der Waals surface area contributed by atoms with Crippen LogP contribution in [0.2, 0.25) is 0 Å². The molecule has 19 heavy (non-hydrogen) atoms. The number of methoxy groups -OCH3 is 1. The molecule has 0 fully saturated rings. The number of carbonyl (C=O) groups is 1. The van der Waals surface area contributed by atoms with Gasteiger partial charge < -0.3 is 20.7 Å². The van der Waals surface area contributed by atoms with Crippen LogP contribution < -0.4 is 16.0 Å². The molecular formula is C13H23N3O2S. The minimum atomic E-state index is -0.0848. The number of nitrogen functional groups attached to an aromatic ring is 1. The molecule has 5 nitrogen and oxygen atoms in total. The van der Waals surface area contributed by atoms with Gasteiger partial charge in [0.05, 0.1) is 17.3 Å². The van der Waals surface area contributed by atoms with E-state index in [0.29, 0.717) is 23.7 Å². The Balaban J connectivity index is 2.79. The maximum atomic E-state index is 11.9. The molecule has 108 valence electrons. The summed E-state index contributed by atoms with van der Waals surface area (Å²) in [6, 6.07) is 1.87. The van der Waals surface area contributed by atoms with Gasteiger partial charge in [-0.05, 0) is 19.4 Å². The van der Waals surface area contributed by atoms with Crippen molar-refractivity contribution in [3.8, 4) is 0 Å². The van der Waals surface area contributed by atoms with E-state index in [9.17, 15) is 4.79 Å². The summed E-state index contributed by atoms with van der Waals surface area (Å²) in [5, 5.41) is 3.86. The molecule has 6 heteroatoms. The Hall–Kier alpha value is -1.27. The molecule has 0 unspecified atom stereocenters. The van der Waals surface area contributed by atoms with Gasteiger partial charge in [0.2, 0.25) is 0 Å². The summed E-state index contributed by atoms with van der Waals surface area (Å²) in [6.45, 7) is 7.08. The Morgan fingerprint density at radius 3 is 2.84 bits per heavy atom. The first kappa shape index (κ1) is 15.8. The zero-order valence-corrected chi connectivity index (χ0v) is 12.7. The van der Waals surface area contributed by atoms with Gasteiger partial charge in [-0.3, -0.25) is 4.79 Å². The van der Waals surface area contributed by atoms with E-state index < -0.39 is 0 Å². The lowest BCUT2D eigenvalue weighted by atomic mass is 10.3. The van der Waals surface area contributed by atoms with E-state index in [4.69, 9.17) is 10.5 Å². The second kappa shape index (κ2) is 8.01. The van der Waals surface area contributed by atoms with Crippen LogP contribution in [-0.2, 0) is 4.74 Å². The van der Waals surface area contributed by atoms with Crippen LogP contribution in [0.4, 0.5) is 10.7 Å². The molecule has 0 aliphatic carbocycles. The average Bonchev–Trinajstić information content (AvgIpc) is 2.79. The summed E-state index contributed by atoms with van der Waals surface area (Å²) in [5.41, 5.74) is 6.47. The molecule has 0 aliphatic rings. The lowest BCUT2D eigenvalue weighted by Gasteiger charge is -2.20. The molecule has 0 bridgehead atoms.